The number of hydrogen-bond acceptors (Lipinski definition) is 3. The summed E-state index contributed by atoms with van der Waals surface area (Å²) in [5, 5.41) is 8.32. The molecular formula is C13H15BrN4. The van der Waals surface area contributed by atoms with Crippen LogP contribution in [0.15, 0.2) is 29.3 Å². The van der Waals surface area contributed by atoms with E-state index in [9.17, 15) is 0 Å². The summed E-state index contributed by atoms with van der Waals surface area (Å²) in [5.41, 5.74) is 1.28. The standard InChI is InChI=1S/C13H15BrN4/c1-18-8-16-17-13(18)12(9-3-2-4-9)10-5-6-15-11(14)7-10/h5-9,12H,2-4H2,1H3. The highest BCUT2D eigenvalue weighted by Crippen LogP contribution is 2.42. The maximum atomic E-state index is 4.30. The van der Waals surface area contributed by atoms with E-state index in [4.69, 9.17) is 0 Å². The van der Waals surface area contributed by atoms with Gasteiger partial charge in [-0.3, -0.25) is 0 Å². The molecule has 0 radical (unpaired) electrons. The van der Waals surface area contributed by atoms with Gasteiger partial charge in [-0.15, -0.1) is 10.2 Å². The lowest BCUT2D eigenvalue weighted by molar-refractivity contribution is 0.274. The van der Waals surface area contributed by atoms with Gasteiger partial charge in [-0.25, -0.2) is 4.98 Å². The van der Waals surface area contributed by atoms with E-state index in [2.05, 4.69) is 43.2 Å². The van der Waals surface area contributed by atoms with Crippen molar-refractivity contribution in [2.45, 2.75) is 25.2 Å². The summed E-state index contributed by atoms with van der Waals surface area (Å²) in [6.45, 7) is 0. The van der Waals surface area contributed by atoms with Crippen molar-refractivity contribution in [2.24, 2.45) is 13.0 Å². The van der Waals surface area contributed by atoms with E-state index >= 15 is 0 Å². The van der Waals surface area contributed by atoms with Crippen LogP contribution in [0, 0.1) is 5.92 Å². The van der Waals surface area contributed by atoms with Crippen LogP contribution in [0.3, 0.4) is 0 Å². The molecule has 2 aromatic rings. The molecule has 0 spiro atoms. The number of halogens is 1. The lowest BCUT2D eigenvalue weighted by Gasteiger charge is -2.33. The summed E-state index contributed by atoms with van der Waals surface area (Å²) in [6, 6.07) is 4.18. The molecule has 3 rings (SSSR count). The number of nitrogens with zero attached hydrogens (tertiary/aromatic N) is 4. The highest BCUT2D eigenvalue weighted by Gasteiger charge is 2.32. The summed E-state index contributed by atoms with van der Waals surface area (Å²) in [5.74, 6) is 2.07. The van der Waals surface area contributed by atoms with Crippen molar-refractivity contribution in [3.8, 4) is 0 Å². The maximum absolute atomic E-state index is 4.30. The van der Waals surface area contributed by atoms with E-state index < -0.39 is 0 Å². The van der Waals surface area contributed by atoms with Crippen LogP contribution in [0.25, 0.3) is 0 Å². The first-order valence-electron chi connectivity index (χ1n) is 6.21. The van der Waals surface area contributed by atoms with Crippen molar-refractivity contribution in [3.63, 3.8) is 0 Å². The number of pyridine rings is 1. The van der Waals surface area contributed by atoms with E-state index in [1.54, 1.807) is 6.33 Å². The summed E-state index contributed by atoms with van der Waals surface area (Å²) in [4.78, 5) is 4.20. The molecule has 1 saturated carbocycles. The first kappa shape index (κ1) is 11.8. The van der Waals surface area contributed by atoms with Crippen LogP contribution in [0.1, 0.15) is 36.6 Å². The minimum atomic E-state index is 0.338. The Morgan fingerprint density at radius 2 is 2.28 bits per heavy atom. The Balaban J connectivity index is 2.03. The SMILES string of the molecule is Cn1cnnc1C(c1ccnc(Br)c1)C1CCC1. The average molecular weight is 307 g/mol. The Labute approximate surface area is 115 Å². The topological polar surface area (TPSA) is 43.6 Å². The first-order valence-corrected chi connectivity index (χ1v) is 7.00. The van der Waals surface area contributed by atoms with Crippen molar-refractivity contribution in [1.82, 2.24) is 19.7 Å². The van der Waals surface area contributed by atoms with Gasteiger partial charge in [0.2, 0.25) is 0 Å². The van der Waals surface area contributed by atoms with Crippen LogP contribution in [0.2, 0.25) is 0 Å². The molecule has 0 amide bonds. The van der Waals surface area contributed by atoms with Crippen molar-refractivity contribution < 1.29 is 0 Å². The second-order valence-corrected chi connectivity index (χ2v) is 5.69. The molecule has 0 N–H and O–H groups in total. The Kier molecular flexibility index (Phi) is 3.16. The molecule has 18 heavy (non-hydrogen) atoms. The van der Waals surface area contributed by atoms with Gasteiger partial charge < -0.3 is 4.57 Å². The van der Waals surface area contributed by atoms with Crippen LogP contribution < -0.4 is 0 Å². The minimum absolute atomic E-state index is 0.338. The van der Waals surface area contributed by atoms with E-state index in [0.29, 0.717) is 11.8 Å². The van der Waals surface area contributed by atoms with Gasteiger partial charge in [0.05, 0.1) is 0 Å². The fourth-order valence-electron chi connectivity index (χ4n) is 2.59. The second-order valence-electron chi connectivity index (χ2n) is 4.88. The smallest absolute Gasteiger partial charge is 0.140 e. The molecule has 1 fully saturated rings. The third-order valence-electron chi connectivity index (χ3n) is 3.76. The van der Waals surface area contributed by atoms with E-state index in [0.717, 1.165) is 10.4 Å². The zero-order valence-electron chi connectivity index (χ0n) is 10.3. The van der Waals surface area contributed by atoms with Gasteiger partial charge in [0.1, 0.15) is 16.8 Å². The van der Waals surface area contributed by atoms with Gasteiger partial charge in [-0.1, -0.05) is 6.42 Å². The third-order valence-corrected chi connectivity index (χ3v) is 4.19. The Bertz CT molecular complexity index is 547. The van der Waals surface area contributed by atoms with Crippen LogP contribution in [-0.2, 0) is 7.05 Å². The molecule has 4 nitrogen and oxygen atoms in total. The van der Waals surface area contributed by atoms with Gasteiger partial charge in [-0.2, -0.15) is 0 Å². The van der Waals surface area contributed by atoms with E-state index in [1.165, 1.54) is 24.8 Å². The molecule has 0 bridgehead atoms. The molecule has 94 valence electrons. The largest absolute Gasteiger partial charge is 0.320 e. The predicted octanol–water partition coefficient (Wildman–Crippen LogP) is 2.90. The molecule has 1 aliphatic carbocycles. The van der Waals surface area contributed by atoms with Crippen LogP contribution in [0.4, 0.5) is 0 Å². The highest BCUT2D eigenvalue weighted by atomic mass is 79.9. The Morgan fingerprint density at radius 1 is 1.44 bits per heavy atom. The number of hydrogen-bond donors (Lipinski definition) is 0. The zero-order valence-corrected chi connectivity index (χ0v) is 11.8. The second kappa shape index (κ2) is 4.80. The third kappa shape index (κ3) is 2.07. The van der Waals surface area contributed by atoms with E-state index in [-0.39, 0.29) is 0 Å². The summed E-state index contributed by atoms with van der Waals surface area (Å²) in [6.07, 6.45) is 7.50. The molecule has 1 atom stereocenters. The predicted molar refractivity (Wildman–Crippen MR) is 72.1 cm³/mol. The van der Waals surface area contributed by atoms with Crippen molar-refractivity contribution in [1.29, 1.82) is 0 Å². The van der Waals surface area contributed by atoms with Crippen molar-refractivity contribution in [3.05, 3.63) is 40.6 Å². The zero-order chi connectivity index (χ0) is 12.5. The fourth-order valence-corrected chi connectivity index (χ4v) is 2.97. The van der Waals surface area contributed by atoms with Crippen LogP contribution >= 0.6 is 15.9 Å². The normalized spacial score (nSPS) is 17.4. The molecule has 5 heteroatoms. The fraction of sp³-hybridized carbons (Fsp3) is 0.462. The summed E-state index contributed by atoms with van der Waals surface area (Å²) >= 11 is 3.45. The van der Waals surface area contributed by atoms with Gasteiger partial charge in [0.25, 0.3) is 0 Å². The van der Waals surface area contributed by atoms with Gasteiger partial charge in [0, 0.05) is 19.2 Å². The molecule has 0 aromatic carbocycles. The molecule has 1 aliphatic rings. The Morgan fingerprint density at radius 3 is 2.83 bits per heavy atom. The molecule has 2 heterocycles. The monoisotopic (exact) mass is 306 g/mol. The summed E-state index contributed by atoms with van der Waals surface area (Å²) < 4.78 is 2.91. The number of aromatic nitrogens is 4. The van der Waals surface area contributed by atoms with Gasteiger partial charge in [-0.05, 0) is 52.4 Å². The lowest BCUT2D eigenvalue weighted by Crippen LogP contribution is -2.24. The number of aryl methyl sites for hydroxylation is 1. The average Bonchev–Trinajstić information content (AvgIpc) is 2.69. The lowest BCUT2D eigenvalue weighted by atomic mass is 9.73. The number of rotatable bonds is 3. The van der Waals surface area contributed by atoms with Gasteiger partial charge >= 0.3 is 0 Å². The van der Waals surface area contributed by atoms with Crippen LogP contribution in [-0.4, -0.2) is 19.7 Å². The van der Waals surface area contributed by atoms with Crippen LogP contribution in [0.5, 0.6) is 0 Å². The van der Waals surface area contributed by atoms with Gasteiger partial charge in [0.15, 0.2) is 0 Å². The molecule has 2 aromatic heterocycles. The molecule has 0 aliphatic heterocycles. The first-order chi connectivity index (χ1) is 8.75. The maximum Gasteiger partial charge on any atom is 0.140 e. The molecule has 0 saturated heterocycles. The van der Waals surface area contributed by atoms with E-state index in [1.807, 2.05) is 17.8 Å². The minimum Gasteiger partial charge on any atom is -0.320 e. The quantitative estimate of drug-likeness (QED) is 0.819. The molecule has 1 unspecified atom stereocenters. The van der Waals surface area contributed by atoms with Crippen molar-refractivity contribution >= 4 is 15.9 Å². The highest BCUT2D eigenvalue weighted by molar-refractivity contribution is 9.10. The summed E-state index contributed by atoms with van der Waals surface area (Å²) in [7, 11) is 2.01. The van der Waals surface area contributed by atoms with Crippen molar-refractivity contribution in [2.75, 3.05) is 0 Å². The Hall–Kier alpha value is -1.23. The molecular weight excluding hydrogens is 292 g/mol.